The number of β-lactam (4-membered cyclic amide) rings is 1. The third-order valence-electron chi connectivity index (χ3n) is 4.59. The maximum Gasteiger partial charge on any atom is 0.337 e. The number of amides is 1. The average Bonchev–Trinajstić information content (AvgIpc) is 2.80. The lowest BCUT2D eigenvalue weighted by molar-refractivity contribution is -0.384. The quantitative estimate of drug-likeness (QED) is 0.264. The van der Waals surface area contributed by atoms with Gasteiger partial charge in [-0.05, 0) is 24.6 Å². The predicted octanol–water partition coefficient (Wildman–Crippen LogP) is 0.187. The summed E-state index contributed by atoms with van der Waals surface area (Å²) in [4.78, 5) is 47.7. The van der Waals surface area contributed by atoms with Crippen LogP contribution in [0.2, 0.25) is 0 Å². The van der Waals surface area contributed by atoms with Gasteiger partial charge >= 0.3 is 5.97 Å². The van der Waals surface area contributed by atoms with E-state index in [4.69, 9.17) is 4.74 Å². The zero-order valence-electron chi connectivity index (χ0n) is 13.3. The van der Waals surface area contributed by atoms with E-state index in [-0.39, 0.29) is 24.6 Å². The molecule has 2 aliphatic heterocycles. The minimum Gasteiger partial charge on any atom is -0.459 e. The highest BCUT2D eigenvalue weighted by Crippen LogP contribution is 2.39. The summed E-state index contributed by atoms with van der Waals surface area (Å²) in [6, 6.07) is 3.65. The van der Waals surface area contributed by atoms with Gasteiger partial charge in [-0.15, -0.1) is 0 Å². The molecule has 1 aromatic carbocycles. The van der Waals surface area contributed by atoms with E-state index < -0.39 is 40.8 Å². The standard InChI is InChI=1S/C16H16N2O7/c1-8(19)13-11-6-12(20)17(11)14(15(13)21)16(22)25-7-9-2-4-10(5-3-9)18(23)24/h2-5,8,11,13-14,19H,6-7H2,1H3/t8-,11-,13?,14-/m1/s1. The molecule has 0 bridgehead atoms. The summed E-state index contributed by atoms with van der Waals surface area (Å²) in [5.41, 5.74) is 0.429. The van der Waals surface area contributed by atoms with Crippen molar-refractivity contribution in [3.8, 4) is 0 Å². The van der Waals surface area contributed by atoms with Crippen LogP contribution in [0.3, 0.4) is 0 Å². The van der Waals surface area contributed by atoms with Gasteiger partial charge in [0.25, 0.3) is 5.69 Å². The monoisotopic (exact) mass is 348 g/mol. The number of hydrogen-bond donors (Lipinski definition) is 1. The first-order chi connectivity index (χ1) is 11.8. The lowest BCUT2D eigenvalue weighted by Gasteiger charge is -2.38. The largest absolute Gasteiger partial charge is 0.459 e. The van der Waals surface area contributed by atoms with Gasteiger partial charge < -0.3 is 14.7 Å². The van der Waals surface area contributed by atoms with Crippen LogP contribution in [0, 0.1) is 16.0 Å². The number of rotatable bonds is 5. The maximum atomic E-state index is 12.4. The minimum atomic E-state index is -1.33. The first kappa shape index (κ1) is 17.0. The number of aliphatic hydroxyl groups is 1. The predicted molar refractivity (Wildman–Crippen MR) is 82.1 cm³/mol. The van der Waals surface area contributed by atoms with Gasteiger partial charge in [-0.1, -0.05) is 0 Å². The van der Waals surface area contributed by atoms with Gasteiger partial charge in [0.15, 0.2) is 11.8 Å². The second-order valence-corrected chi connectivity index (χ2v) is 6.18. The first-order valence-corrected chi connectivity index (χ1v) is 7.74. The second-order valence-electron chi connectivity index (χ2n) is 6.18. The lowest BCUT2D eigenvalue weighted by atomic mass is 9.88. The SMILES string of the molecule is C[C@@H](O)C1C(=O)[C@H](C(=O)OCc2ccc([N+](=O)[O-])cc2)N2C(=O)C[C@H]12. The van der Waals surface area contributed by atoms with Crippen molar-refractivity contribution in [2.75, 3.05) is 0 Å². The number of nitro benzene ring substituents is 1. The molecule has 25 heavy (non-hydrogen) atoms. The number of aliphatic hydroxyl groups excluding tert-OH is 1. The molecule has 0 radical (unpaired) electrons. The van der Waals surface area contributed by atoms with Crippen LogP contribution in [0.15, 0.2) is 24.3 Å². The molecule has 2 fully saturated rings. The van der Waals surface area contributed by atoms with Gasteiger partial charge in [0.1, 0.15) is 6.61 Å². The summed E-state index contributed by atoms with van der Waals surface area (Å²) in [5, 5.41) is 20.3. The summed E-state index contributed by atoms with van der Waals surface area (Å²) in [6.07, 6.45) is -0.825. The normalized spacial score (nSPS) is 26.0. The summed E-state index contributed by atoms with van der Waals surface area (Å²) in [5.74, 6) is -2.47. The molecule has 0 saturated carbocycles. The highest BCUT2D eigenvalue weighted by Gasteiger charge is 2.61. The number of non-ortho nitro benzene ring substituents is 1. The van der Waals surface area contributed by atoms with Crippen molar-refractivity contribution < 1.29 is 29.2 Å². The number of hydrogen-bond acceptors (Lipinski definition) is 7. The summed E-state index contributed by atoms with van der Waals surface area (Å²) >= 11 is 0. The molecule has 1 aromatic rings. The molecule has 2 saturated heterocycles. The number of nitrogens with zero attached hydrogens (tertiary/aromatic N) is 2. The Kier molecular flexibility index (Phi) is 4.25. The van der Waals surface area contributed by atoms with Gasteiger partial charge in [0.2, 0.25) is 5.91 Å². The van der Waals surface area contributed by atoms with E-state index in [0.717, 1.165) is 0 Å². The molecule has 9 nitrogen and oxygen atoms in total. The zero-order chi connectivity index (χ0) is 18.3. The molecular weight excluding hydrogens is 332 g/mol. The van der Waals surface area contributed by atoms with Crippen LogP contribution in [-0.2, 0) is 25.7 Å². The highest BCUT2D eigenvalue weighted by atomic mass is 16.6. The van der Waals surface area contributed by atoms with E-state index in [1.165, 1.54) is 36.1 Å². The summed E-state index contributed by atoms with van der Waals surface area (Å²) in [7, 11) is 0. The van der Waals surface area contributed by atoms with E-state index in [1.807, 2.05) is 0 Å². The van der Waals surface area contributed by atoms with E-state index in [9.17, 15) is 29.6 Å². The van der Waals surface area contributed by atoms with Gasteiger partial charge in [-0.2, -0.15) is 0 Å². The molecule has 2 aliphatic rings. The van der Waals surface area contributed by atoms with Gasteiger partial charge in [0, 0.05) is 18.6 Å². The first-order valence-electron chi connectivity index (χ1n) is 7.74. The van der Waals surface area contributed by atoms with Crippen LogP contribution in [-0.4, -0.2) is 50.8 Å². The molecule has 0 spiro atoms. The van der Waals surface area contributed by atoms with E-state index in [0.29, 0.717) is 5.56 Å². The fourth-order valence-electron chi connectivity index (χ4n) is 3.34. The number of Topliss-reactive ketones (excluding diaryl/α,β-unsaturated/α-hetero) is 1. The Morgan fingerprint density at radius 3 is 2.56 bits per heavy atom. The molecule has 1 N–H and O–H groups in total. The smallest absolute Gasteiger partial charge is 0.337 e. The Balaban J connectivity index is 1.67. The fourth-order valence-corrected chi connectivity index (χ4v) is 3.34. The fraction of sp³-hybridized carbons (Fsp3) is 0.438. The molecule has 9 heteroatoms. The van der Waals surface area contributed by atoms with Crippen molar-refractivity contribution >= 4 is 23.3 Å². The van der Waals surface area contributed by atoms with Crippen LogP contribution >= 0.6 is 0 Å². The number of carbonyl (C=O) groups excluding carboxylic acids is 3. The van der Waals surface area contributed by atoms with Crippen LogP contribution in [0.5, 0.6) is 0 Å². The molecule has 0 aliphatic carbocycles. The van der Waals surface area contributed by atoms with Gasteiger partial charge in [-0.3, -0.25) is 19.7 Å². The second kappa shape index (κ2) is 6.25. The lowest BCUT2D eigenvalue weighted by Crippen LogP contribution is -2.56. The van der Waals surface area contributed by atoms with E-state index in [2.05, 4.69) is 0 Å². The molecular formula is C16H16N2O7. The van der Waals surface area contributed by atoms with Crippen molar-refractivity contribution in [3.63, 3.8) is 0 Å². The van der Waals surface area contributed by atoms with Gasteiger partial charge in [-0.25, -0.2) is 4.79 Å². The molecule has 0 aromatic heterocycles. The van der Waals surface area contributed by atoms with Crippen LogP contribution < -0.4 is 0 Å². The van der Waals surface area contributed by atoms with Crippen molar-refractivity contribution in [1.29, 1.82) is 0 Å². The Hall–Kier alpha value is -2.81. The third kappa shape index (κ3) is 2.86. The highest BCUT2D eigenvalue weighted by molar-refractivity contribution is 6.11. The van der Waals surface area contributed by atoms with Crippen LogP contribution in [0.1, 0.15) is 18.9 Å². The third-order valence-corrected chi connectivity index (χ3v) is 4.59. The van der Waals surface area contributed by atoms with E-state index in [1.54, 1.807) is 0 Å². The average molecular weight is 348 g/mol. The molecule has 3 rings (SSSR count). The molecule has 1 amide bonds. The Labute approximate surface area is 142 Å². The number of fused-ring (bicyclic) bond motifs is 1. The number of carbonyl (C=O) groups is 3. The van der Waals surface area contributed by atoms with Crippen LogP contribution in [0.4, 0.5) is 5.69 Å². The summed E-state index contributed by atoms with van der Waals surface area (Å²) < 4.78 is 5.11. The van der Waals surface area contributed by atoms with Crippen molar-refractivity contribution in [1.82, 2.24) is 4.90 Å². The van der Waals surface area contributed by atoms with Gasteiger partial charge in [0.05, 0.1) is 23.0 Å². The van der Waals surface area contributed by atoms with Crippen LogP contribution in [0.25, 0.3) is 0 Å². The maximum absolute atomic E-state index is 12.4. The number of benzene rings is 1. The number of nitro groups is 1. The molecule has 2 heterocycles. The minimum absolute atomic E-state index is 0.0881. The topological polar surface area (TPSA) is 127 Å². The zero-order valence-corrected chi connectivity index (χ0v) is 13.3. The molecule has 1 unspecified atom stereocenters. The summed E-state index contributed by atoms with van der Waals surface area (Å²) in [6.45, 7) is 1.28. The number of ketones is 1. The van der Waals surface area contributed by atoms with Crippen molar-refractivity contribution in [3.05, 3.63) is 39.9 Å². The van der Waals surface area contributed by atoms with Crippen molar-refractivity contribution in [2.45, 2.75) is 38.1 Å². The Morgan fingerprint density at radius 1 is 1.40 bits per heavy atom. The Bertz CT molecular complexity index is 743. The van der Waals surface area contributed by atoms with E-state index >= 15 is 0 Å². The Morgan fingerprint density at radius 2 is 2.04 bits per heavy atom. The number of esters is 1. The van der Waals surface area contributed by atoms with Crippen molar-refractivity contribution in [2.24, 2.45) is 5.92 Å². The molecule has 4 atom stereocenters. The number of ether oxygens (including phenoxy) is 1. The molecule has 132 valence electrons.